The minimum Gasteiger partial charge on any atom is -0.504 e. The molecule has 0 aliphatic rings. The number of carboxylic acids is 1. The molecule has 1 aromatic carbocycles. The van der Waals surface area contributed by atoms with Gasteiger partial charge in [-0.15, -0.1) is 0 Å². The summed E-state index contributed by atoms with van der Waals surface area (Å²) in [6, 6.07) is 4.60. The molecule has 2 N–H and O–H groups in total. The van der Waals surface area contributed by atoms with Crippen LogP contribution in [0.5, 0.6) is 11.5 Å². The van der Waals surface area contributed by atoms with Crippen LogP contribution in [-0.2, 0) is 20.7 Å². The van der Waals surface area contributed by atoms with Crippen molar-refractivity contribution in [3.05, 3.63) is 23.8 Å². The van der Waals surface area contributed by atoms with E-state index in [2.05, 4.69) is 4.74 Å². The minimum absolute atomic E-state index is 0.0147. The summed E-state index contributed by atoms with van der Waals surface area (Å²) in [6.45, 7) is 0. The number of esters is 1. The summed E-state index contributed by atoms with van der Waals surface area (Å²) < 4.78 is 9.54. The van der Waals surface area contributed by atoms with Gasteiger partial charge in [-0.2, -0.15) is 0 Å². The highest BCUT2D eigenvalue weighted by Gasteiger charge is 2.23. The third kappa shape index (κ3) is 4.17. The van der Waals surface area contributed by atoms with Crippen molar-refractivity contribution in [2.45, 2.75) is 12.8 Å². The molecule has 0 saturated heterocycles. The van der Waals surface area contributed by atoms with Gasteiger partial charge in [-0.1, -0.05) is 6.07 Å². The van der Waals surface area contributed by atoms with Gasteiger partial charge in [-0.05, 0) is 24.1 Å². The Balaban J connectivity index is 2.89. The van der Waals surface area contributed by atoms with E-state index in [-0.39, 0.29) is 24.3 Å². The van der Waals surface area contributed by atoms with Gasteiger partial charge in [0.25, 0.3) is 0 Å². The smallest absolute Gasteiger partial charge is 0.309 e. The number of carbonyl (C=O) groups excluding carboxylic acids is 1. The summed E-state index contributed by atoms with van der Waals surface area (Å²) in [5, 5.41) is 18.2. The minimum atomic E-state index is -1.07. The summed E-state index contributed by atoms with van der Waals surface area (Å²) in [5.74, 6) is -2.15. The van der Waals surface area contributed by atoms with Crippen LogP contribution in [0.15, 0.2) is 18.2 Å². The van der Waals surface area contributed by atoms with E-state index in [1.165, 1.54) is 20.3 Å². The average Bonchev–Trinajstić information content (AvgIpc) is 2.38. The lowest BCUT2D eigenvalue weighted by molar-refractivity contribution is -0.150. The molecule has 0 aliphatic carbocycles. The molecule has 0 aliphatic heterocycles. The Hall–Kier alpha value is -2.24. The third-order valence-electron chi connectivity index (χ3n) is 2.68. The van der Waals surface area contributed by atoms with Crippen LogP contribution in [0.3, 0.4) is 0 Å². The molecule has 0 heterocycles. The Bertz CT molecular complexity index is 468. The van der Waals surface area contributed by atoms with Gasteiger partial charge >= 0.3 is 11.9 Å². The maximum Gasteiger partial charge on any atom is 0.309 e. The van der Waals surface area contributed by atoms with E-state index in [0.29, 0.717) is 5.56 Å². The molecule has 1 rings (SSSR count). The van der Waals surface area contributed by atoms with Crippen LogP contribution < -0.4 is 4.74 Å². The van der Waals surface area contributed by atoms with Gasteiger partial charge in [0.15, 0.2) is 11.5 Å². The fourth-order valence-electron chi connectivity index (χ4n) is 1.75. The van der Waals surface area contributed by atoms with Gasteiger partial charge in [-0.3, -0.25) is 9.59 Å². The lowest BCUT2D eigenvalue weighted by Crippen LogP contribution is -2.22. The van der Waals surface area contributed by atoms with E-state index in [1.54, 1.807) is 12.1 Å². The van der Waals surface area contributed by atoms with E-state index in [0.717, 1.165) is 0 Å². The van der Waals surface area contributed by atoms with Crippen molar-refractivity contribution >= 4 is 11.9 Å². The number of carbonyl (C=O) groups is 2. The first-order valence-corrected chi connectivity index (χ1v) is 5.63. The van der Waals surface area contributed by atoms with Gasteiger partial charge in [-0.25, -0.2) is 0 Å². The zero-order valence-corrected chi connectivity index (χ0v) is 10.8. The van der Waals surface area contributed by atoms with Crippen LogP contribution in [0.4, 0.5) is 0 Å². The van der Waals surface area contributed by atoms with Crippen LogP contribution in [0.2, 0.25) is 0 Å². The van der Waals surface area contributed by atoms with E-state index in [4.69, 9.17) is 9.84 Å². The lowest BCUT2D eigenvalue weighted by Gasteiger charge is -2.13. The predicted molar refractivity (Wildman–Crippen MR) is 66.1 cm³/mol. The standard InChI is InChI=1S/C13H16O6/c1-18-11-6-8(3-4-10(11)14)5-9(7-12(15)16)13(17)19-2/h3-4,6,9,14H,5,7H2,1-2H3,(H,15,16)/t9-/m0/s1. The van der Waals surface area contributed by atoms with Crippen LogP contribution in [0.1, 0.15) is 12.0 Å². The van der Waals surface area contributed by atoms with E-state index < -0.39 is 17.9 Å². The monoisotopic (exact) mass is 268 g/mol. The van der Waals surface area contributed by atoms with Crippen LogP contribution in [0, 0.1) is 5.92 Å². The van der Waals surface area contributed by atoms with Crippen molar-refractivity contribution in [1.29, 1.82) is 0 Å². The summed E-state index contributed by atoms with van der Waals surface area (Å²) in [6.07, 6.45) is -0.106. The molecule has 0 spiro atoms. The molecule has 1 atom stereocenters. The normalized spacial score (nSPS) is 11.7. The Labute approximate surface area is 110 Å². The zero-order chi connectivity index (χ0) is 14.4. The molecule has 0 bridgehead atoms. The molecule has 6 nitrogen and oxygen atoms in total. The highest BCUT2D eigenvalue weighted by molar-refractivity contribution is 5.79. The predicted octanol–water partition coefficient (Wildman–Crippen LogP) is 1.21. The molecule has 0 amide bonds. The van der Waals surface area contributed by atoms with Crippen molar-refractivity contribution in [2.75, 3.05) is 14.2 Å². The Morgan fingerprint density at radius 1 is 1.32 bits per heavy atom. The Morgan fingerprint density at radius 3 is 2.53 bits per heavy atom. The quantitative estimate of drug-likeness (QED) is 0.753. The first-order valence-electron chi connectivity index (χ1n) is 5.63. The topological polar surface area (TPSA) is 93.1 Å². The van der Waals surface area contributed by atoms with Crippen LogP contribution in [0.25, 0.3) is 0 Å². The van der Waals surface area contributed by atoms with E-state index in [9.17, 15) is 14.7 Å². The maximum atomic E-state index is 11.5. The number of phenols is 1. The molecule has 6 heteroatoms. The number of hydrogen-bond donors (Lipinski definition) is 2. The molecule has 1 aromatic rings. The average molecular weight is 268 g/mol. The Morgan fingerprint density at radius 2 is 2.00 bits per heavy atom. The zero-order valence-electron chi connectivity index (χ0n) is 10.8. The molecule has 0 aromatic heterocycles. The van der Waals surface area contributed by atoms with Crippen LogP contribution >= 0.6 is 0 Å². The van der Waals surface area contributed by atoms with Crippen molar-refractivity contribution in [3.8, 4) is 11.5 Å². The van der Waals surface area contributed by atoms with Gasteiger partial charge in [0.2, 0.25) is 0 Å². The second-order valence-electron chi connectivity index (χ2n) is 4.03. The third-order valence-corrected chi connectivity index (χ3v) is 2.68. The summed E-state index contributed by atoms with van der Waals surface area (Å²) in [4.78, 5) is 22.2. The number of aliphatic carboxylic acids is 1. The maximum absolute atomic E-state index is 11.5. The largest absolute Gasteiger partial charge is 0.504 e. The summed E-state index contributed by atoms with van der Waals surface area (Å²) >= 11 is 0. The molecule has 19 heavy (non-hydrogen) atoms. The van der Waals surface area contributed by atoms with Gasteiger partial charge in [0.1, 0.15) is 0 Å². The number of methoxy groups -OCH3 is 2. The number of phenolic OH excluding ortho intramolecular Hbond substituents is 1. The SMILES string of the molecule is COC(=O)[C@H](CC(=O)O)Cc1ccc(O)c(OC)c1. The number of hydrogen-bond acceptors (Lipinski definition) is 5. The fraction of sp³-hybridized carbons (Fsp3) is 0.385. The molecular weight excluding hydrogens is 252 g/mol. The van der Waals surface area contributed by atoms with Gasteiger partial charge in [0, 0.05) is 0 Å². The summed E-state index contributed by atoms with van der Waals surface area (Å²) in [5.41, 5.74) is 0.686. The highest BCUT2D eigenvalue weighted by Crippen LogP contribution is 2.27. The molecule has 0 unspecified atom stereocenters. The number of rotatable bonds is 6. The van der Waals surface area contributed by atoms with Crippen molar-refractivity contribution in [2.24, 2.45) is 5.92 Å². The number of ether oxygens (including phenoxy) is 2. The molecule has 0 fully saturated rings. The molecular formula is C13H16O6. The fourth-order valence-corrected chi connectivity index (χ4v) is 1.75. The molecule has 104 valence electrons. The molecule has 0 radical (unpaired) electrons. The lowest BCUT2D eigenvalue weighted by atomic mass is 9.96. The van der Waals surface area contributed by atoms with E-state index >= 15 is 0 Å². The molecule has 0 saturated carbocycles. The van der Waals surface area contributed by atoms with Gasteiger partial charge in [0.05, 0.1) is 26.6 Å². The van der Waals surface area contributed by atoms with E-state index in [1.807, 2.05) is 0 Å². The van der Waals surface area contributed by atoms with Crippen molar-refractivity contribution in [1.82, 2.24) is 0 Å². The first-order chi connectivity index (χ1) is 8.97. The first kappa shape index (κ1) is 14.8. The second-order valence-corrected chi connectivity index (χ2v) is 4.03. The number of carboxylic acid groups (broad SMARTS) is 1. The van der Waals surface area contributed by atoms with Gasteiger partial charge < -0.3 is 19.7 Å². The number of benzene rings is 1. The highest BCUT2D eigenvalue weighted by atomic mass is 16.5. The van der Waals surface area contributed by atoms with Crippen molar-refractivity contribution < 1.29 is 29.3 Å². The Kier molecular flexibility index (Phi) is 5.17. The van der Waals surface area contributed by atoms with Crippen molar-refractivity contribution in [3.63, 3.8) is 0 Å². The summed E-state index contributed by atoms with van der Waals surface area (Å²) in [7, 11) is 2.63. The number of aromatic hydroxyl groups is 1. The second kappa shape index (κ2) is 6.63. The van der Waals surface area contributed by atoms with Crippen LogP contribution in [-0.4, -0.2) is 36.4 Å².